The molecule has 2 heterocycles. The third-order valence-corrected chi connectivity index (χ3v) is 1.87. The van der Waals surface area contributed by atoms with Gasteiger partial charge in [-0.05, 0) is 24.0 Å². The van der Waals surface area contributed by atoms with Crippen LogP contribution in [0.2, 0.25) is 0 Å². The second-order valence-electron chi connectivity index (χ2n) is 3.61. The Morgan fingerprint density at radius 3 is 3.00 bits per heavy atom. The summed E-state index contributed by atoms with van der Waals surface area (Å²) in [5, 5.41) is 10.4. The molecular weight excluding hydrogens is 164 g/mol. The summed E-state index contributed by atoms with van der Waals surface area (Å²) in [7, 11) is 0. The standard InChI is InChI=1S/C9H12N4/c1-6(2)3-7-4-8-9(10-5-7)12-13-11-8/h4-6H,3H2,1-2H3,(H,10,11,12,13). The monoisotopic (exact) mass is 176 g/mol. The molecule has 0 aromatic carbocycles. The predicted molar refractivity (Wildman–Crippen MR) is 50.2 cm³/mol. The SMILES string of the molecule is CC(C)Cc1cnc2n[nH]nc2c1. The highest BCUT2D eigenvalue weighted by molar-refractivity contribution is 5.68. The van der Waals surface area contributed by atoms with E-state index in [1.807, 2.05) is 12.3 Å². The first-order chi connectivity index (χ1) is 6.25. The van der Waals surface area contributed by atoms with E-state index in [-0.39, 0.29) is 0 Å². The fourth-order valence-electron chi connectivity index (χ4n) is 1.37. The molecule has 1 N–H and O–H groups in total. The number of hydrogen-bond acceptors (Lipinski definition) is 3. The molecule has 0 radical (unpaired) electrons. The maximum atomic E-state index is 4.19. The lowest BCUT2D eigenvalue weighted by Crippen LogP contribution is -1.94. The zero-order chi connectivity index (χ0) is 9.26. The van der Waals surface area contributed by atoms with Crippen molar-refractivity contribution in [3.05, 3.63) is 17.8 Å². The van der Waals surface area contributed by atoms with E-state index in [0.717, 1.165) is 11.9 Å². The summed E-state index contributed by atoms with van der Waals surface area (Å²) in [6.45, 7) is 4.37. The van der Waals surface area contributed by atoms with Crippen molar-refractivity contribution in [2.75, 3.05) is 0 Å². The first-order valence-corrected chi connectivity index (χ1v) is 4.41. The smallest absolute Gasteiger partial charge is 0.201 e. The summed E-state index contributed by atoms with van der Waals surface area (Å²) in [5.41, 5.74) is 2.75. The Balaban J connectivity index is 2.37. The lowest BCUT2D eigenvalue weighted by atomic mass is 10.1. The molecule has 2 rings (SSSR count). The number of hydrogen-bond donors (Lipinski definition) is 1. The number of nitrogens with one attached hydrogen (secondary N) is 1. The Bertz CT molecular complexity index is 405. The summed E-state index contributed by atoms with van der Waals surface area (Å²) in [6, 6.07) is 2.03. The van der Waals surface area contributed by atoms with Gasteiger partial charge in [0.05, 0.1) is 0 Å². The summed E-state index contributed by atoms with van der Waals surface area (Å²) in [5.74, 6) is 0.645. The van der Waals surface area contributed by atoms with E-state index in [2.05, 4.69) is 34.2 Å². The lowest BCUT2D eigenvalue weighted by molar-refractivity contribution is 0.646. The molecule has 0 saturated heterocycles. The van der Waals surface area contributed by atoms with Crippen molar-refractivity contribution in [2.24, 2.45) is 5.92 Å². The van der Waals surface area contributed by atoms with Crippen molar-refractivity contribution in [2.45, 2.75) is 20.3 Å². The fraction of sp³-hybridized carbons (Fsp3) is 0.444. The molecule has 0 aliphatic carbocycles. The van der Waals surface area contributed by atoms with Crippen LogP contribution in [0.25, 0.3) is 11.2 Å². The number of aromatic nitrogens is 4. The normalized spacial score (nSPS) is 11.3. The van der Waals surface area contributed by atoms with E-state index in [0.29, 0.717) is 11.6 Å². The molecule has 0 amide bonds. The van der Waals surface area contributed by atoms with Crippen LogP contribution in [0, 0.1) is 5.92 Å². The van der Waals surface area contributed by atoms with Crippen molar-refractivity contribution in [3.63, 3.8) is 0 Å². The van der Waals surface area contributed by atoms with Crippen molar-refractivity contribution in [3.8, 4) is 0 Å². The Morgan fingerprint density at radius 2 is 2.23 bits per heavy atom. The molecule has 2 aromatic rings. The molecule has 2 aromatic heterocycles. The van der Waals surface area contributed by atoms with Crippen LogP contribution < -0.4 is 0 Å². The van der Waals surface area contributed by atoms with Crippen LogP contribution in [0.1, 0.15) is 19.4 Å². The number of rotatable bonds is 2. The molecule has 4 heteroatoms. The van der Waals surface area contributed by atoms with Crippen LogP contribution in [0.3, 0.4) is 0 Å². The highest BCUT2D eigenvalue weighted by Gasteiger charge is 2.02. The predicted octanol–water partition coefficient (Wildman–Crippen LogP) is 1.55. The number of H-pyrrole nitrogens is 1. The molecule has 4 nitrogen and oxygen atoms in total. The van der Waals surface area contributed by atoms with Crippen molar-refractivity contribution < 1.29 is 0 Å². The molecule has 0 aliphatic heterocycles. The van der Waals surface area contributed by atoms with E-state index >= 15 is 0 Å². The van der Waals surface area contributed by atoms with Gasteiger partial charge in [-0.25, -0.2) is 4.98 Å². The van der Waals surface area contributed by atoms with Gasteiger partial charge in [0, 0.05) is 6.20 Å². The minimum atomic E-state index is 0.645. The number of aromatic amines is 1. The lowest BCUT2D eigenvalue weighted by Gasteiger charge is -2.02. The van der Waals surface area contributed by atoms with Gasteiger partial charge in [-0.15, -0.1) is 5.10 Å². The van der Waals surface area contributed by atoms with Crippen LogP contribution in [-0.4, -0.2) is 20.4 Å². The fourth-order valence-corrected chi connectivity index (χ4v) is 1.37. The van der Waals surface area contributed by atoms with Gasteiger partial charge in [-0.1, -0.05) is 13.8 Å². The average Bonchev–Trinajstić information content (AvgIpc) is 2.49. The van der Waals surface area contributed by atoms with Crippen LogP contribution in [0.4, 0.5) is 0 Å². The second kappa shape index (κ2) is 3.12. The molecule has 0 saturated carbocycles. The van der Waals surface area contributed by atoms with Crippen LogP contribution in [-0.2, 0) is 6.42 Å². The summed E-state index contributed by atoms with van der Waals surface area (Å²) >= 11 is 0. The molecule has 0 unspecified atom stereocenters. The average molecular weight is 176 g/mol. The molecule has 68 valence electrons. The molecule has 13 heavy (non-hydrogen) atoms. The van der Waals surface area contributed by atoms with Gasteiger partial charge in [-0.3, -0.25) is 0 Å². The minimum absolute atomic E-state index is 0.645. The van der Waals surface area contributed by atoms with Gasteiger partial charge in [-0.2, -0.15) is 10.3 Å². The van der Waals surface area contributed by atoms with E-state index in [1.165, 1.54) is 5.56 Å². The highest BCUT2D eigenvalue weighted by atomic mass is 15.3. The topological polar surface area (TPSA) is 54.5 Å². The molecule has 0 bridgehead atoms. The quantitative estimate of drug-likeness (QED) is 0.755. The first-order valence-electron chi connectivity index (χ1n) is 4.41. The third-order valence-electron chi connectivity index (χ3n) is 1.87. The largest absolute Gasteiger partial charge is 0.233 e. The Morgan fingerprint density at radius 1 is 1.38 bits per heavy atom. The molecule has 0 atom stereocenters. The summed E-state index contributed by atoms with van der Waals surface area (Å²) in [4.78, 5) is 4.19. The Kier molecular flexibility index (Phi) is 1.96. The third kappa shape index (κ3) is 1.66. The number of nitrogens with zero attached hydrogens (tertiary/aromatic N) is 3. The van der Waals surface area contributed by atoms with Gasteiger partial charge in [0.2, 0.25) is 5.65 Å². The molecular formula is C9H12N4. The zero-order valence-electron chi connectivity index (χ0n) is 7.78. The highest BCUT2D eigenvalue weighted by Crippen LogP contribution is 2.11. The second-order valence-corrected chi connectivity index (χ2v) is 3.61. The molecule has 0 spiro atoms. The van der Waals surface area contributed by atoms with E-state index in [9.17, 15) is 0 Å². The van der Waals surface area contributed by atoms with Crippen molar-refractivity contribution in [1.29, 1.82) is 0 Å². The summed E-state index contributed by atoms with van der Waals surface area (Å²) in [6.07, 6.45) is 2.90. The zero-order valence-corrected chi connectivity index (χ0v) is 7.78. The van der Waals surface area contributed by atoms with Crippen LogP contribution in [0.5, 0.6) is 0 Å². The summed E-state index contributed by atoms with van der Waals surface area (Å²) < 4.78 is 0. The van der Waals surface area contributed by atoms with E-state index < -0.39 is 0 Å². The van der Waals surface area contributed by atoms with Gasteiger partial charge in [0.1, 0.15) is 5.52 Å². The Hall–Kier alpha value is -1.45. The first kappa shape index (κ1) is 8.16. The van der Waals surface area contributed by atoms with Gasteiger partial charge in [0.15, 0.2) is 0 Å². The van der Waals surface area contributed by atoms with Crippen LogP contribution >= 0.6 is 0 Å². The van der Waals surface area contributed by atoms with Gasteiger partial charge in [0.25, 0.3) is 0 Å². The Labute approximate surface area is 76.4 Å². The van der Waals surface area contributed by atoms with Crippen LogP contribution in [0.15, 0.2) is 12.3 Å². The van der Waals surface area contributed by atoms with Gasteiger partial charge >= 0.3 is 0 Å². The van der Waals surface area contributed by atoms with Crippen molar-refractivity contribution in [1.82, 2.24) is 20.4 Å². The van der Waals surface area contributed by atoms with Crippen molar-refractivity contribution >= 4 is 11.2 Å². The minimum Gasteiger partial charge on any atom is -0.233 e. The maximum Gasteiger partial charge on any atom is 0.201 e. The van der Waals surface area contributed by atoms with E-state index in [4.69, 9.17) is 0 Å². The molecule has 0 fully saturated rings. The van der Waals surface area contributed by atoms with E-state index in [1.54, 1.807) is 0 Å². The molecule has 0 aliphatic rings. The van der Waals surface area contributed by atoms with Gasteiger partial charge < -0.3 is 0 Å². The number of fused-ring (bicyclic) bond motifs is 1. The maximum absolute atomic E-state index is 4.19. The number of pyridine rings is 1.